The van der Waals surface area contributed by atoms with Crippen molar-refractivity contribution >= 4 is 46.2 Å². The molecule has 2 amide bonds. The minimum Gasteiger partial charge on any atom is -0.454 e. The van der Waals surface area contributed by atoms with Crippen LogP contribution in [0, 0.1) is 23.2 Å². The van der Waals surface area contributed by atoms with Crippen molar-refractivity contribution in [3.05, 3.63) is 28.7 Å². The van der Waals surface area contributed by atoms with E-state index in [2.05, 4.69) is 5.32 Å². The van der Waals surface area contributed by atoms with Crippen molar-refractivity contribution in [1.82, 2.24) is 10.2 Å². The highest BCUT2D eigenvalue weighted by Gasteiger charge is 2.54. The SMILES string of the molecule is O=C1/C(=C\c2ccc3c(c2)OCO3)SC(=S)N1CCNC(=O)C12CC3CC(CC(C3)C1)C2. The Labute approximate surface area is 197 Å². The predicted molar refractivity (Wildman–Crippen MR) is 126 cm³/mol. The molecule has 0 radical (unpaired) electrons. The Morgan fingerprint density at radius 2 is 1.84 bits per heavy atom. The maximum absolute atomic E-state index is 13.1. The van der Waals surface area contributed by atoms with E-state index in [-0.39, 0.29) is 24.0 Å². The van der Waals surface area contributed by atoms with Crippen LogP contribution in [-0.2, 0) is 9.59 Å². The Hall–Kier alpha value is -2.06. The number of thioether (sulfide) groups is 1. The molecule has 168 valence electrons. The second kappa shape index (κ2) is 7.76. The molecular weight excluding hydrogens is 444 g/mol. The second-order valence-electron chi connectivity index (χ2n) is 9.90. The van der Waals surface area contributed by atoms with E-state index in [1.165, 1.54) is 31.0 Å². The van der Waals surface area contributed by atoms with Gasteiger partial charge in [0.2, 0.25) is 12.7 Å². The fourth-order valence-electron chi connectivity index (χ4n) is 6.70. The first-order valence-electron chi connectivity index (χ1n) is 11.4. The fourth-order valence-corrected chi connectivity index (χ4v) is 8.01. The molecule has 2 heterocycles. The number of nitrogens with zero attached hydrogens (tertiary/aromatic N) is 1. The van der Waals surface area contributed by atoms with Crippen LogP contribution in [0.15, 0.2) is 23.1 Å². The highest BCUT2D eigenvalue weighted by molar-refractivity contribution is 8.26. The molecule has 6 nitrogen and oxygen atoms in total. The molecule has 1 aromatic carbocycles. The van der Waals surface area contributed by atoms with Gasteiger partial charge in [-0.25, -0.2) is 0 Å². The van der Waals surface area contributed by atoms with Gasteiger partial charge in [-0.1, -0.05) is 30.0 Å². The minimum atomic E-state index is -0.163. The van der Waals surface area contributed by atoms with Crippen LogP contribution < -0.4 is 14.8 Å². The van der Waals surface area contributed by atoms with Crippen molar-refractivity contribution in [3.63, 3.8) is 0 Å². The number of nitrogens with one attached hydrogen (secondary N) is 1. The van der Waals surface area contributed by atoms with Crippen molar-refractivity contribution in [1.29, 1.82) is 0 Å². The molecule has 4 saturated carbocycles. The molecule has 5 fully saturated rings. The summed E-state index contributed by atoms with van der Waals surface area (Å²) in [7, 11) is 0. The Balaban J connectivity index is 1.08. The molecular formula is C24H26N2O4S2. The Kier molecular flexibility index (Phi) is 4.98. The summed E-state index contributed by atoms with van der Waals surface area (Å²) in [6.07, 6.45) is 8.92. The van der Waals surface area contributed by atoms with Crippen LogP contribution in [0.25, 0.3) is 6.08 Å². The maximum atomic E-state index is 13.1. The van der Waals surface area contributed by atoms with Crippen LogP contribution in [0.2, 0.25) is 0 Å². The molecule has 7 rings (SSSR count). The summed E-state index contributed by atoms with van der Waals surface area (Å²) in [6.45, 7) is 1.06. The average molecular weight is 471 g/mol. The van der Waals surface area contributed by atoms with Gasteiger partial charge in [0.25, 0.3) is 5.91 Å². The second-order valence-corrected chi connectivity index (χ2v) is 11.6. The topological polar surface area (TPSA) is 67.9 Å². The Bertz CT molecular complexity index is 1000. The summed E-state index contributed by atoms with van der Waals surface area (Å²) in [5, 5.41) is 3.15. The molecule has 1 N–H and O–H groups in total. The fraction of sp³-hybridized carbons (Fsp3) is 0.542. The lowest BCUT2D eigenvalue weighted by Crippen LogP contribution is -2.54. The monoisotopic (exact) mass is 470 g/mol. The lowest BCUT2D eigenvalue weighted by Gasteiger charge is -2.55. The van der Waals surface area contributed by atoms with Gasteiger partial charge in [-0.3, -0.25) is 14.5 Å². The van der Waals surface area contributed by atoms with Crippen LogP contribution in [0.1, 0.15) is 44.1 Å². The van der Waals surface area contributed by atoms with Gasteiger partial charge in [0.1, 0.15) is 4.32 Å². The third-order valence-corrected chi connectivity index (χ3v) is 9.09. The summed E-state index contributed by atoms with van der Waals surface area (Å²) in [5.41, 5.74) is 0.702. The van der Waals surface area contributed by atoms with Crippen LogP contribution in [0.4, 0.5) is 0 Å². The lowest BCUT2D eigenvalue weighted by atomic mass is 9.49. The number of amides is 2. The molecule has 4 bridgehead atoms. The molecule has 4 aliphatic carbocycles. The number of carbonyl (C=O) groups excluding carboxylic acids is 2. The maximum Gasteiger partial charge on any atom is 0.266 e. The van der Waals surface area contributed by atoms with E-state index in [1.807, 2.05) is 24.3 Å². The summed E-state index contributed by atoms with van der Waals surface area (Å²) in [6, 6.07) is 5.60. The summed E-state index contributed by atoms with van der Waals surface area (Å²) in [4.78, 5) is 28.3. The number of fused-ring (bicyclic) bond motifs is 1. The molecule has 1 aromatic rings. The van der Waals surface area contributed by atoms with Gasteiger partial charge in [-0.2, -0.15) is 0 Å². The number of hydrogen-bond donors (Lipinski definition) is 1. The number of rotatable bonds is 5. The number of ether oxygens (including phenoxy) is 2. The Morgan fingerprint density at radius 1 is 1.16 bits per heavy atom. The van der Waals surface area contributed by atoms with Crippen molar-refractivity contribution in [3.8, 4) is 11.5 Å². The van der Waals surface area contributed by atoms with Crippen LogP contribution in [0.3, 0.4) is 0 Å². The number of thiocarbonyl (C=S) groups is 1. The quantitative estimate of drug-likeness (QED) is 0.519. The highest BCUT2D eigenvalue weighted by atomic mass is 32.2. The van der Waals surface area contributed by atoms with Gasteiger partial charge in [-0.15, -0.1) is 0 Å². The number of hydrogen-bond acceptors (Lipinski definition) is 6. The van der Waals surface area contributed by atoms with Gasteiger partial charge in [0, 0.05) is 18.5 Å². The van der Waals surface area contributed by atoms with E-state index >= 15 is 0 Å². The zero-order chi connectivity index (χ0) is 21.9. The van der Waals surface area contributed by atoms with Gasteiger partial charge in [0.15, 0.2) is 11.5 Å². The summed E-state index contributed by atoms with van der Waals surface area (Å²) >= 11 is 6.76. The van der Waals surface area contributed by atoms with Gasteiger partial charge >= 0.3 is 0 Å². The molecule has 0 aromatic heterocycles. The first-order valence-corrected chi connectivity index (χ1v) is 12.6. The van der Waals surface area contributed by atoms with Crippen molar-refractivity contribution < 1.29 is 19.1 Å². The van der Waals surface area contributed by atoms with Gasteiger partial charge in [0.05, 0.1) is 4.91 Å². The summed E-state index contributed by atoms with van der Waals surface area (Å²) in [5.74, 6) is 3.69. The van der Waals surface area contributed by atoms with E-state index in [9.17, 15) is 9.59 Å². The lowest BCUT2D eigenvalue weighted by molar-refractivity contribution is -0.146. The van der Waals surface area contributed by atoms with Crippen molar-refractivity contribution in [2.24, 2.45) is 23.2 Å². The molecule has 32 heavy (non-hydrogen) atoms. The van der Waals surface area contributed by atoms with Crippen LogP contribution in [-0.4, -0.2) is 40.9 Å². The summed E-state index contributed by atoms with van der Waals surface area (Å²) < 4.78 is 11.3. The first-order chi connectivity index (χ1) is 15.5. The van der Waals surface area contributed by atoms with Crippen LogP contribution >= 0.6 is 24.0 Å². The standard InChI is InChI=1S/C24H26N2O4S2/c27-21-20(9-14-1-2-18-19(8-14)30-13-29-18)32-23(31)26(21)4-3-25-22(28)24-10-15-5-16(11-24)7-17(6-15)12-24/h1-2,8-9,15-17H,3-7,10-13H2,(H,25,28)/b20-9+. The number of carbonyl (C=O) groups is 2. The molecule has 6 aliphatic rings. The molecule has 0 atom stereocenters. The van der Waals surface area contributed by atoms with Crippen LogP contribution in [0.5, 0.6) is 11.5 Å². The third-order valence-electron chi connectivity index (χ3n) is 7.71. The van der Waals surface area contributed by atoms with Crippen molar-refractivity contribution in [2.75, 3.05) is 19.9 Å². The van der Waals surface area contributed by atoms with E-state index in [4.69, 9.17) is 21.7 Å². The average Bonchev–Trinajstić information content (AvgIpc) is 3.32. The van der Waals surface area contributed by atoms with Gasteiger partial charge < -0.3 is 14.8 Å². The van der Waals surface area contributed by atoms with Crippen molar-refractivity contribution in [2.45, 2.75) is 38.5 Å². The van der Waals surface area contributed by atoms with E-state index in [1.54, 1.807) is 4.90 Å². The molecule has 0 spiro atoms. The molecule has 0 unspecified atom stereocenters. The van der Waals surface area contributed by atoms with E-state index in [0.29, 0.717) is 33.8 Å². The smallest absolute Gasteiger partial charge is 0.266 e. The third kappa shape index (κ3) is 3.52. The largest absolute Gasteiger partial charge is 0.454 e. The van der Waals surface area contributed by atoms with Gasteiger partial charge in [-0.05, 0) is 80.1 Å². The highest BCUT2D eigenvalue weighted by Crippen LogP contribution is 2.60. The minimum absolute atomic E-state index is 0.110. The molecule has 8 heteroatoms. The van der Waals surface area contributed by atoms with E-state index in [0.717, 1.165) is 42.6 Å². The molecule has 1 saturated heterocycles. The van der Waals surface area contributed by atoms with E-state index < -0.39 is 0 Å². The predicted octanol–water partition coefficient (Wildman–Crippen LogP) is 3.95. The molecule has 2 aliphatic heterocycles. The number of benzene rings is 1. The Morgan fingerprint density at radius 3 is 2.56 bits per heavy atom. The first kappa shape index (κ1) is 20.5. The zero-order valence-corrected chi connectivity index (χ0v) is 19.4. The normalized spacial score (nSPS) is 33.4. The zero-order valence-electron chi connectivity index (χ0n) is 17.8.